The lowest BCUT2D eigenvalue weighted by Crippen LogP contribution is -2.57. The highest BCUT2D eigenvalue weighted by atomic mass is 79.9. The molecule has 0 unspecified atom stereocenters. The van der Waals surface area contributed by atoms with Crippen LogP contribution in [0.5, 0.6) is 0 Å². The number of benzene rings is 1. The normalized spacial score (nSPS) is 18.0. The third-order valence-electron chi connectivity index (χ3n) is 5.88. The lowest BCUT2D eigenvalue weighted by molar-refractivity contribution is 0.0699. The zero-order valence-electron chi connectivity index (χ0n) is 18.8. The number of anilines is 1. The van der Waals surface area contributed by atoms with Crippen molar-refractivity contribution >= 4 is 49.3 Å². The Morgan fingerprint density at radius 3 is 2.69 bits per heavy atom. The second-order valence-corrected chi connectivity index (χ2v) is 11.8. The Morgan fingerprint density at radius 2 is 2.00 bits per heavy atom. The number of carbonyl (C=O) groups is 1. The quantitative estimate of drug-likeness (QED) is 0.362. The fraction of sp³-hybridized carbons (Fsp3) is 0.458. The Kier molecular flexibility index (Phi) is 6.31. The molecule has 4 rings (SSSR count). The highest BCUT2D eigenvalue weighted by Gasteiger charge is 2.37. The van der Waals surface area contributed by atoms with Gasteiger partial charge in [0.2, 0.25) is 5.95 Å². The zero-order valence-corrected chi connectivity index (χ0v) is 21.2. The number of halogens is 1. The predicted octanol–water partition coefficient (Wildman–Crippen LogP) is 6.18. The van der Waals surface area contributed by atoms with Crippen LogP contribution < -0.4 is 10.6 Å². The summed E-state index contributed by atoms with van der Waals surface area (Å²) in [5.74, 6) is 0.306. The van der Waals surface area contributed by atoms with E-state index in [0.29, 0.717) is 17.4 Å². The lowest BCUT2D eigenvalue weighted by atomic mass is 9.75. The molecule has 0 bridgehead atoms. The van der Waals surface area contributed by atoms with Crippen LogP contribution in [0, 0.1) is 5.92 Å². The van der Waals surface area contributed by atoms with Crippen molar-refractivity contribution in [1.82, 2.24) is 15.3 Å². The summed E-state index contributed by atoms with van der Waals surface area (Å²) < 4.78 is 1.71. The third kappa shape index (κ3) is 5.13. The monoisotopic (exact) mass is 516 g/mol. The van der Waals surface area contributed by atoms with Crippen molar-refractivity contribution in [3.63, 3.8) is 0 Å². The van der Waals surface area contributed by atoms with Crippen LogP contribution in [-0.2, 0) is 0 Å². The number of thiophene rings is 1. The van der Waals surface area contributed by atoms with Gasteiger partial charge in [0.25, 0.3) is 0 Å². The SMILES string of the molecule is CC1(C)CC(CCNc2ncc(Br)c(-c3cc4c(C(=O)O)cccc4s3)n2)CC(C)(C)N1. The Balaban J connectivity index is 1.50. The summed E-state index contributed by atoms with van der Waals surface area (Å²) in [4.78, 5) is 21.6. The lowest BCUT2D eigenvalue weighted by Gasteiger charge is -2.46. The highest BCUT2D eigenvalue weighted by Crippen LogP contribution is 2.38. The number of aromatic nitrogens is 2. The molecule has 1 aliphatic heterocycles. The molecule has 0 radical (unpaired) electrons. The standard InChI is InChI=1S/C24H29BrN4O2S/c1-23(2)11-14(12-24(3,4)29-23)8-9-26-22-27-13-17(25)20(28-22)19-10-16-15(21(30)31)6-5-7-18(16)32-19/h5-7,10,13-14,29H,8-9,11-12H2,1-4H3,(H,30,31)(H,26,27,28). The first-order valence-corrected chi connectivity index (χ1v) is 12.5. The van der Waals surface area contributed by atoms with Crippen molar-refractivity contribution in [3.05, 3.63) is 40.5 Å². The van der Waals surface area contributed by atoms with E-state index in [4.69, 9.17) is 4.98 Å². The smallest absolute Gasteiger partial charge is 0.336 e. The second kappa shape index (κ2) is 8.72. The van der Waals surface area contributed by atoms with Gasteiger partial charge in [0, 0.05) is 33.9 Å². The molecule has 1 saturated heterocycles. The molecule has 170 valence electrons. The predicted molar refractivity (Wildman–Crippen MR) is 135 cm³/mol. The number of carboxylic acids is 1. The molecule has 0 atom stereocenters. The minimum absolute atomic E-state index is 0.143. The average molecular weight is 517 g/mol. The van der Waals surface area contributed by atoms with Gasteiger partial charge in [0.15, 0.2) is 0 Å². The summed E-state index contributed by atoms with van der Waals surface area (Å²) in [6.07, 6.45) is 5.12. The highest BCUT2D eigenvalue weighted by molar-refractivity contribution is 9.10. The summed E-state index contributed by atoms with van der Waals surface area (Å²) in [5, 5.41) is 17.4. The van der Waals surface area contributed by atoms with Gasteiger partial charge in [-0.1, -0.05) is 6.07 Å². The van der Waals surface area contributed by atoms with Crippen LogP contribution in [0.1, 0.15) is 57.3 Å². The Morgan fingerprint density at radius 1 is 1.28 bits per heavy atom. The summed E-state index contributed by atoms with van der Waals surface area (Å²) in [5.41, 5.74) is 1.36. The van der Waals surface area contributed by atoms with Crippen LogP contribution in [0.2, 0.25) is 0 Å². The van der Waals surface area contributed by atoms with E-state index >= 15 is 0 Å². The summed E-state index contributed by atoms with van der Waals surface area (Å²) in [6, 6.07) is 7.25. The van der Waals surface area contributed by atoms with Gasteiger partial charge in [-0.25, -0.2) is 14.8 Å². The second-order valence-electron chi connectivity index (χ2n) is 9.91. The first kappa shape index (κ1) is 23.1. The molecule has 0 spiro atoms. The van der Waals surface area contributed by atoms with Gasteiger partial charge in [0.05, 0.1) is 14.9 Å². The minimum atomic E-state index is -0.923. The fourth-order valence-electron chi connectivity index (χ4n) is 5.12. The van der Waals surface area contributed by atoms with Crippen molar-refractivity contribution in [2.45, 2.75) is 58.0 Å². The number of nitrogens with zero attached hydrogens (tertiary/aromatic N) is 2. The number of aromatic carboxylic acids is 1. The average Bonchev–Trinajstić information content (AvgIpc) is 3.10. The van der Waals surface area contributed by atoms with Crippen LogP contribution in [0.25, 0.3) is 20.7 Å². The van der Waals surface area contributed by atoms with Gasteiger partial charge in [-0.15, -0.1) is 11.3 Å². The maximum absolute atomic E-state index is 11.6. The van der Waals surface area contributed by atoms with Crippen molar-refractivity contribution in [2.75, 3.05) is 11.9 Å². The summed E-state index contributed by atoms with van der Waals surface area (Å²) in [6.45, 7) is 9.92. The van der Waals surface area contributed by atoms with Gasteiger partial charge in [-0.05, 0) is 87.0 Å². The molecule has 3 N–H and O–H groups in total. The molecule has 0 amide bonds. The van der Waals surface area contributed by atoms with Crippen LogP contribution in [-0.4, -0.2) is 38.7 Å². The van der Waals surface area contributed by atoms with Gasteiger partial charge >= 0.3 is 5.97 Å². The first-order chi connectivity index (χ1) is 15.0. The maximum atomic E-state index is 11.6. The Hall–Kier alpha value is -2.03. The molecule has 0 aliphatic carbocycles. The zero-order chi connectivity index (χ0) is 23.1. The number of fused-ring (bicyclic) bond motifs is 1. The van der Waals surface area contributed by atoms with E-state index in [1.165, 1.54) is 11.3 Å². The molecule has 32 heavy (non-hydrogen) atoms. The van der Waals surface area contributed by atoms with Gasteiger partial charge in [0.1, 0.15) is 5.69 Å². The Bertz CT molecular complexity index is 1140. The molecular formula is C24H29BrN4O2S. The van der Waals surface area contributed by atoms with Crippen molar-refractivity contribution in [2.24, 2.45) is 5.92 Å². The van der Waals surface area contributed by atoms with E-state index in [1.54, 1.807) is 18.3 Å². The van der Waals surface area contributed by atoms with E-state index in [9.17, 15) is 9.90 Å². The number of piperidine rings is 1. The molecule has 8 heteroatoms. The summed E-state index contributed by atoms with van der Waals surface area (Å²) >= 11 is 5.09. The van der Waals surface area contributed by atoms with Crippen LogP contribution in [0.3, 0.4) is 0 Å². The molecule has 3 heterocycles. The topological polar surface area (TPSA) is 87.1 Å². The van der Waals surface area contributed by atoms with Gasteiger partial charge in [-0.2, -0.15) is 0 Å². The fourth-order valence-corrected chi connectivity index (χ4v) is 6.74. The number of hydrogen-bond acceptors (Lipinski definition) is 6. The first-order valence-electron chi connectivity index (χ1n) is 10.8. The molecule has 3 aromatic rings. The number of hydrogen-bond donors (Lipinski definition) is 3. The number of carboxylic acid groups (broad SMARTS) is 1. The molecule has 2 aromatic heterocycles. The Labute approximate surface area is 201 Å². The number of nitrogens with one attached hydrogen (secondary N) is 2. The largest absolute Gasteiger partial charge is 0.478 e. The van der Waals surface area contributed by atoms with E-state index < -0.39 is 5.97 Å². The maximum Gasteiger partial charge on any atom is 0.336 e. The van der Waals surface area contributed by atoms with Gasteiger partial charge in [-0.3, -0.25) is 0 Å². The van der Waals surface area contributed by atoms with E-state index in [1.807, 2.05) is 12.1 Å². The molecule has 0 saturated carbocycles. The number of rotatable bonds is 6. The molecule has 1 fully saturated rings. The van der Waals surface area contributed by atoms with E-state index in [2.05, 4.69) is 59.2 Å². The third-order valence-corrected chi connectivity index (χ3v) is 7.57. The van der Waals surface area contributed by atoms with Crippen LogP contribution >= 0.6 is 27.3 Å². The molecule has 1 aliphatic rings. The molecule has 6 nitrogen and oxygen atoms in total. The van der Waals surface area contributed by atoms with Crippen molar-refractivity contribution in [3.8, 4) is 10.6 Å². The molecule has 1 aromatic carbocycles. The summed E-state index contributed by atoms with van der Waals surface area (Å²) in [7, 11) is 0. The minimum Gasteiger partial charge on any atom is -0.478 e. The van der Waals surface area contributed by atoms with E-state index in [0.717, 1.165) is 50.9 Å². The van der Waals surface area contributed by atoms with Crippen LogP contribution in [0.15, 0.2) is 34.9 Å². The van der Waals surface area contributed by atoms with E-state index in [-0.39, 0.29) is 11.1 Å². The van der Waals surface area contributed by atoms with Crippen molar-refractivity contribution < 1.29 is 9.90 Å². The molecular weight excluding hydrogens is 488 g/mol. The van der Waals surface area contributed by atoms with Crippen molar-refractivity contribution in [1.29, 1.82) is 0 Å². The van der Waals surface area contributed by atoms with Crippen LogP contribution in [0.4, 0.5) is 5.95 Å². The van der Waals surface area contributed by atoms with Gasteiger partial charge < -0.3 is 15.7 Å².